The number of methoxy groups -OCH3 is 1. The van der Waals surface area contributed by atoms with Crippen molar-refractivity contribution in [3.8, 4) is 0 Å². The number of carbonyl (C=O) groups excluding carboxylic acids is 1. The highest BCUT2D eigenvalue weighted by atomic mass is 16.5. The lowest BCUT2D eigenvalue weighted by Crippen LogP contribution is -2.20. The summed E-state index contributed by atoms with van der Waals surface area (Å²) >= 11 is 0. The molecule has 21 heavy (non-hydrogen) atoms. The van der Waals surface area contributed by atoms with Gasteiger partial charge in [-0.25, -0.2) is 0 Å². The van der Waals surface area contributed by atoms with Crippen molar-refractivity contribution in [2.75, 3.05) is 7.11 Å². The number of hydrogen-bond acceptors (Lipinski definition) is 3. The molecule has 2 rings (SSSR count). The monoisotopic (exact) mass is 282 g/mol. The van der Waals surface area contributed by atoms with Crippen molar-refractivity contribution in [1.82, 2.24) is 10.3 Å². The maximum atomic E-state index is 11.7. The van der Waals surface area contributed by atoms with Gasteiger partial charge in [-0.1, -0.05) is 30.3 Å². The molecule has 0 saturated heterocycles. The van der Waals surface area contributed by atoms with Gasteiger partial charge in [0, 0.05) is 32.1 Å². The van der Waals surface area contributed by atoms with Crippen molar-refractivity contribution >= 4 is 12.0 Å². The smallest absolute Gasteiger partial charge is 0.244 e. The average molecular weight is 282 g/mol. The molecule has 0 saturated carbocycles. The number of hydrogen-bond donors (Lipinski definition) is 1. The minimum atomic E-state index is -0.125. The Kier molecular flexibility index (Phi) is 5.67. The highest BCUT2D eigenvalue weighted by molar-refractivity contribution is 5.91. The van der Waals surface area contributed by atoms with Crippen molar-refractivity contribution in [2.45, 2.75) is 13.2 Å². The number of amides is 1. The molecule has 0 aliphatic rings. The highest BCUT2D eigenvalue weighted by Crippen LogP contribution is 2.05. The predicted molar refractivity (Wildman–Crippen MR) is 82.3 cm³/mol. The molecular formula is C17H18N2O2. The van der Waals surface area contributed by atoms with E-state index in [1.807, 2.05) is 36.4 Å². The first kappa shape index (κ1) is 14.9. The summed E-state index contributed by atoms with van der Waals surface area (Å²) < 4.78 is 5.06. The zero-order valence-electron chi connectivity index (χ0n) is 12.0. The molecule has 1 amide bonds. The van der Waals surface area contributed by atoms with Gasteiger partial charge in [-0.3, -0.25) is 9.78 Å². The Morgan fingerprint density at radius 2 is 2.00 bits per heavy atom. The van der Waals surface area contributed by atoms with E-state index in [-0.39, 0.29) is 5.91 Å². The summed E-state index contributed by atoms with van der Waals surface area (Å²) in [5.74, 6) is -0.125. The fraction of sp³-hybridized carbons (Fsp3) is 0.176. The van der Waals surface area contributed by atoms with Gasteiger partial charge in [0.2, 0.25) is 5.91 Å². The highest BCUT2D eigenvalue weighted by Gasteiger charge is 1.98. The van der Waals surface area contributed by atoms with Crippen LogP contribution < -0.4 is 5.32 Å². The molecule has 4 heteroatoms. The third-order valence-corrected chi connectivity index (χ3v) is 2.91. The first-order valence-corrected chi connectivity index (χ1v) is 6.70. The maximum absolute atomic E-state index is 11.7. The van der Waals surface area contributed by atoms with Gasteiger partial charge in [0.15, 0.2) is 0 Å². The molecule has 0 radical (unpaired) electrons. The second kappa shape index (κ2) is 7.97. The molecule has 0 bridgehead atoms. The van der Waals surface area contributed by atoms with Gasteiger partial charge in [0.05, 0.1) is 6.61 Å². The molecule has 1 aromatic heterocycles. The van der Waals surface area contributed by atoms with Crippen LogP contribution in [0, 0.1) is 0 Å². The van der Waals surface area contributed by atoms with Crippen LogP contribution in [0.25, 0.3) is 6.08 Å². The van der Waals surface area contributed by atoms with Crippen LogP contribution >= 0.6 is 0 Å². The molecule has 0 aliphatic heterocycles. The Balaban J connectivity index is 1.82. The molecule has 1 heterocycles. The van der Waals surface area contributed by atoms with Crippen molar-refractivity contribution in [2.24, 2.45) is 0 Å². The standard InChI is InChI=1S/C17H18N2O2/c1-21-13-16-6-4-15(5-7-16)12-19-17(20)9-8-14-3-2-10-18-11-14/h2-11H,12-13H2,1H3,(H,19,20)/b9-8+. The minimum absolute atomic E-state index is 0.125. The Morgan fingerprint density at radius 3 is 2.67 bits per heavy atom. The minimum Gasteiger partial charge on any atom is -0.380 e. The summed E-state index contributed by atoms with van der Waals surface area (Å²) in [6.07, 6.45) is 6.66. The van der Waals surface area contributed by atoms with Crippen LogP contribution in [-0.4, -0.2) is 18.0 Å². The van der Waals surface area contributed by atoms with E-state index < -0.39 is 0 Å². The first-order valence-electron chi connectivity index (χ1n) is 6.70. The normalized spacial score (nSPS) is 10.7. The molecule has 0 unspecified atom stereocenters. The number of nitrogens with zero attached hydrogens (tertiary/aromatic N) is 1. The largest absolute Gasteiger partial charge is 0.380 e. The number of aromatic nitrogens is 1. The number of rotatable bonds is 6. The number of nitrogens with one attached hydrogen (secondary N) is 1. The summed E-state index contributed by atoms with van der Waals surface area (Å²) in [5.41, 5.74) is 3.07. The zero-order chi connectivity index (χ0) is 14.9. The Bertz CT molecular complexity index is 592. The summed E-state index contributed by atoms with van der Waals surface area (Å²) in [5, 5.41) is 2.84. The molecule has 0 spiro atoms. The fourth-order valence-electron chi connectivity index (χ4n) is 1.81. The third kappa shape index (κ3) is 5.20. The molecule has 108 valence electrons. The fourth-order valence-corrected chi connectivity index (χ4v) is 1.81. The van der Waals surface area contributed by atoms with Gasteiger partial charge in [0.1, 0.15) is 0 Å². The van der Waals surface area contributed by atoms with E-state index in [4.69, 9.17) is 4.74 Å². The first-order chi connectivity index (χ1) is 10.3. The number of benzene rings is 1. The van der Waals surface area contributed by atoms with Crippen LogP contribution in [-0.2, 0) is 22.7 Å². The van der Waals surface area contributed by atoms with Crippen molar-refractivity contribution in [1.29, 1.82) is 0 Å². The zero-order valence-corrected chi connectivity index (χ0v) is 12.0. The summed E-state index contributed by atoms with van der Waals surface area (Å²) in [4.78, 5) is 15.7. The molecule has 0 atom stereocenters. The second-order valence-electron chi connectivity index (χ2n) is 4.59. The molecule has 2 aromatic rings. The summed E-state index contributed by atoms with van der Waals surface area (Å²) in [6.45, 7) is 1.10. The molecule has 1 N–H and O–H groups in total. The lowest BCUT2D eigenvalue weighted by atomic mass is 10.1. The van der Waals surface area contributed by atoms with E-state index >= 15 is 0 Å². The quantitative estimate of drug-likeness (QED) is 0.828. The second-order valence-corrected chi connectivity index (χ2v) is 4.59. The van der Waals surface area contributed by atoms with Crippen molar-refractivity contribution < 1.29 is 9.53 Å². The summed E-state index contributed by atoms with van der Waals surface area (Å²) in [6, 6.07) is 11.7. The number of carbonyl (C=O) groups is 1. The van der Waals surface area contributed by atoms with Crippen molar-refractivity contribution in [3.05, 3.63) is 71.6 Å². The Labute approximate surface area is 124 Å². The van der Waals surface area contributed by atoms with Gasteiger partial charge < -0.3 is 10.1 Å². The molecule has 0 aliphatic carbocycles. The number of pyridine rings is 1. The van der Waals surface area contributed by atoms with Gasteiger partial charge in [-0.2, -0.15) is 0 Å². The van der Waals surface area contributed by atoms with Crippen LogP contribution in [0.15, 0.2) is 54.9 Å². The maximum Gasteiger partial charge on any atom is 0.244 e. The van der Waals surface area contributed by atoms with Crippen molar-refractivity contribution in [3.63, 3.8) is 0 Å². The van der Waals surface area contributed by atoms with Crippen LogP contribution in [0.3, 0.4) is 0 Å². The van der Waals surface area contributed by atoms with Crippen LogP contribution in [0.1, 0.15) is 16.7 Å². The van der Waals surface area contributed by atoms with Gasteiger partial charge in [-0.05, 0) is 28.8 Å². The Hall–Kier alpha value is -2.46. The van der Waals surface area contributed by atoms with Gasteiger partial charge >= 0.3 is 0 Å². The number of ether oxygens (including phenoxy) is 1. The average Bonchev–Trinajstić information content (AvgIpc) is 2.53. The lowest BCUT2D eigenvalue weighted by Gasteiger charge is -2.04. The third-order valence-electron chi connectivity index (χ3n) is 2.91. The van der Waals surface area contributed by atoms with Gasteiger partial charge in [0.25, 0.3) is 0 Å². The lowest BCUT2D eigenvalue weighted by molar-refractivity contribution is -0.116. The van der Waals surface area contributed by atoms with E-state index in [1.165, 1.54) is 6.08 Å². The van der Waals surface area contributed by atoms with E-state index in [0.717, 1.165) is 16.7 Å². The predicted octanol–water partition coefficient (Wildman–Crippen LogP) is 2.56. The van der Waals surface area contributed by atoms with E-state index in [0.29, 0.717) is 13.2 Å². The topological polar surface area (TPSA) is 51.2 Å². The summed E-state index contributed by atoms with van der Waals surface area (Å²) in [7, 11) is 1.67. The molecular weight excluding hydrogens is 264 g/mol. The van der Waals surface area contributed by atoms with Crippen LogP contribution in [0.2, 0.25) is 0 Å². The van der Waals surface area contributed by atoms with E-state index in [1.54, 1.807) is 25.6 Å². The SMILES string of the molecule is COCc1ccc(CNC(=O)/C=C/c2cccnc2)cc1. The molecule has 1 aromatic carbocycles. The van der Waals surface area contributed by atoms with Gasteiger partial charge in [-0.15, -0.1) is 0 Å². The molecule has 0 fully saturated rings. The van der Waals surface area contributed by atoms with E-state index in [9.17, 15) is 4.79 Å². The van der Waals surface area contributed by atoms with Crippen LogP contribution in [0.4, 0.5) is 0 Å². The Morgan fingerprint density at radius 1 is 1.24 bits per heavy atom. The molecule has 4 nitrogen and oxygen atoms in total. The van der Waals surface area contributed by atoms with E-state index in [2.05, 4.69) is 10.3 Å². The van der Waals surface area contributed by atoms with Crippen LogP contribution in [0.5, 0.6) is 0 Å².